The van der Waals surface area contributed by atoms with Gasteiger partial charge in [-0.3, -0.25) is 9.20 Å². The van der Waals surface area contributed by atoms with Crippen molar-refractivity contribution in [1.29, 1.82) is 0 Å². The molecule has 0 saturated heterocycles. The lowest BCUT2D eigenvalue weighted by atomic mass is 10.1. The highest BCUT2D eigenvalue weighted by atomic mass is 32.1. The molecule has 6 heteroatoms. The zero-order chi connectivity index (χ0) is 17.4. The van der Waals surface area contributed by atoms with Crippen molar-refractivity contribution in [2.45, 2.75) is 0 Å². The number of nitrogens with zero attached hydrogens (tertiary/aromatic N) is 2. The van der Waals surface area contributed by atoms with Gasteiger partial charge in [-0.15, -0.1) is 11.3 Å². The third-order valence-corrected chi connectivity index (χ3v) is 4.84. The number of imidazole rings is 1. The predicted octanol–water partition coefficient (Wildman–Crippen LogP) is 4.69. The summed E-state index contributed by atoms with van der Waals surface area (Å²) in [6, 6.07) is 13.6. The van der Waals surface area contributed by atoms with Gasteiger partial charge in [0.05, 0.1) is 12.8 Å². The first-order valence-corrected chi connectivity index (χ1v) is 8.44. The van der Waals surface area contributed by atoms with E-state index in [1.807, 2.05) is 34.0 Å². The summed E-state index contributed by atoms with van der Waals surface area (Å²) in [5.74, 6) is 0.444. The lowest BCUT2D eigenvalue weighted by Crippen LogP contribution is -1.94. The number of thiazole rings is 1. The molecule has 0 unspecified atom stereocenters. The zero-order valence-electron chi connectivity index (χ0n) is 13.3. The van der Waals surface area contributed by atoms with Gasteiger partial charge < -0.3 is 4.74 Å². The summed E-state index contributed by atoms with van der Waals surface area (Å²) in [6.45, 7) is 0. The molecule has 0 fully saturated rings. The Morgan fingerprint density at radius 3 is 2.40 bits per heavy atom. The molecule has 25 heavy (non-hydrogen) atoms. The topological polar surface area (TPSA) is 43.6 Å². The number of halogens is 1. The number of aromatic nitrogens is 2. The van der Waals surface area contributed by atoms with Crippen molar-refractivity contribution in [3.8, 4) is 28.3 Å². The third-order valence-electron chi connectivity index (χ3n) is 4.01. The monoisotopic (exact) mass is 352 g/mol. The number of carbonyl (C=O) groups excluding carboxylic acids is 1. The van der Waals surface area contributed by atoms with Crippen molar-refractivity contribution in [3.05, 3.63) is 65.4 Å². The molecule has 0 radical (unpaired) electrons. The number of carbonyl (C=O) groups is 1. The molecule has 0 atom stereocenters. The maximum Gasteiger partial charge on any atom is 0.195 e. The number of ether oxygens (including phenoxy) is 1. The van der Waals surface area contributed by atoms with E-state index in [9.17, 15) is 9.18 Å². The van der Waals surface area contributed by atoms with Crippen molar-refractivity contribution >= 4 is 22.6 Å². The van der Waals surface area contributed by atoms with E-state index in [4.69, 9.17) is 4.74 Å². The highest BCUT2D eigenvalue weighted by Gasteiger charge is 2.18. The molecule has 2 aromatic carbocycles. The second-order valence-electron chi connectivity index (χ2n) is 5.44. The van der Waals surface area contributed by atoms with Crippen LogP contribution in [0.5, 0.6) is 5.75 Å². The summed E-state index contributed by atoms with van der Waals surface area (Å²) >= 11 is 1.45. The lowest BCUT2D eigenvalue weighted by molar-refractivity contribution is 0.111. The Morgan fingerprint density at radius 1 is 1.08 bits per heavy atom. The number of hydrogen-bond donors (Lipinski definition) is 0. The first-order chi connectivity index (χ1) is 12.2. The van der Waals surface area contributed by atoms with Gasteiger partial charge in [-0.1, -0.05) is 0 Å². The highest BCUT2D eigenvalue weighted by Crippen LogP contribution is 2.32. The number of fused-ring (bicyclic) bond motifs is 1. The SMILES string of the molecule is COc1ccc(-c2csc3nc(-c4ccc(F)cc4)c(C=O)n23)cc1. The van der Waals surface area contributed by atoms with E-state index < -0.39 is 0 Å². The molecule has 4 nitrogen and oxygen atoms in total. The van der Waals surface area contributed by atoms with Crippen LogP contribution in [0, 0.1) is 5.82 Å². The van der Waals surface area contributed by atoms with Crippen LogP contribution in [0.1, 0.15) is 10.5 Å². The minimum Gasteiger partial charge on any atom is -0.497 e. The van der Waals surface area contributed by atoms with Crippen molar-refractivity contribution < 1.29 is 13.9 Å². The standard InChI is InChI=1S/C19H13FN2O2S/c1-24-15-8-4-12(5-9-15)17-11-25-19-21-18(16(10-23)22(17)19)13-2-6-14(20)7-3-13/h2-11H,1H3. The second-order valence-corrected chi connectivity index (χ2v) is 6.27. The van der Waals surface area contributed by atoms with E-state index in [2.05, 4.69) is 4.98 Å². The van der Waals surface area contributed by atoms with Gasteiger partial charge in [0.1, 0.15) is 23.0 Å². The van der Waals surface area contributed by atoms with Crippen LogP contribution >= 0.6 is 11.3 Å². The van der Waals surface area contributed by atoms with Gasteiger partial charge in [0.15, 0.2) is 11.2 Å². The maximum absolute atomic E-state index is 13.2. The Morgan fingerprint density at radius 2 is 1.76 bits per heavy atom. The van der Waals surface area contributed by atoms with Crippen LogP contribution in [0.25, 0.3) is 27.5 Å². The molecule has 0 aliphatic carbocycles. The first-order valence-electron chi connectivity index (χ1n) is 7.57. The van der Waals surface area contributed by atoms with Crippen molar-refractivity contribution in [2.75, 3.05) is 7.11 Å². The lowest BCUT2D eigenvalue weighted by Gasteiger charge is -2.04. The summed E-state index contributed by atoms with van der Waals surface area (Å²) in [6.07, 6.45) is 0.790. The molecule has 0 aliphatic heterocycles. The van der Waals surface area contributed by atoms with E-state index in [1.165, 1.54) is 23.5 Å². The average molecular weight is 352 g/mol. The largest absolute Gasteiger partial charge is 0.497 e. The Labute approximate surface area is 147 Å². The van der Waals surface area contributed by atoms with E-state index >= 15 is 0 Å². The van der Waals surface area contributed by atoms with E-state index in [-0.39, 0.29) is 5.82 Å². The van der Waals surface area contributed by atoms with Gasteiger partial charge in [-0.2, -0.15) is 0 Å². The molecule has 0 saturated carbocycles. The molecular weight excluding hydrogens is 339 g/mol. The molecule has 0 aliphatic rings. The van der Waals surface area contributed by atoms with Crippen LogP contribution in [-0.4, -0.2) is 22.8 Å². The Hall–Kier alpha value is -2.99. The molecule has 0 bridgehead atoms. The van der Waals surface area contributed by atoms with Crippen molar-refractivity contribution in [3.63, 3.8) is 0 Å². The molecule has 4 rings (SSSR count). The Bertz CT molecular complexity index is 1050. The molecular formula is C19H13FN2O2S. The summed E-state index contributed by atoms with van der Waals surface area (Å²) in [5.41, 5.74) is 3.55. The number of hydrogen-bond acceptors (Lipinski definition) is 4. The van der Waals surface area contributed by atoms with Crippen LogP contribution in [0.15, 0.2) is 53.9 Å². The van der Waals surface area contributed by atoms with Crippen LogP contribution in [0.4, 0.5) is 4.39 Å². The smallest absolute Gasteiger partial charge is 0.195 e. The van der Waals surface area contributed by atoms with Gasteiger partial charge in [0.2, 0.25) is 0 Å². The molecule has 4 aromatic rings. The van der Waals surface area contributed by atoms with Crippen molar-refractivity contribution in [2.24, 2.45) is 0 Å². The second kappa shape index (κ2) is 6.14. The van der Waals surface area contributed by atoms with Crippen LogP contribution in [0.2, 0.25) is 0 Å². The normalized spacial score (nSPS) is 11.0. The predicted molar refractivity (Wildman–Crippen MR) is 95.8 cm³/mol. The average Bonchev–Trinajstić information content (AvgIpc) is 3.21. The zero-order valence-corrected chi connectivity index (χ0v) is 14.1. The summed E-state index contributed by atoms with van der Waals surface area (Å²) in [7, 11) is 1.62. The molecule has 0 spiro atoms. The van der Waals surface area contributed by atoms with Crippen LogP contribution < -0.4 is 4.74 Å². The third kappa shape index (κ3) is 2.60. The molecule has 124 valence electrons. The van der Waals surface area contributed by atoms with Gasteiger partial charge >= 0.3 is 0 Å². The number of methoxy groups -OCH3 is 1. The fourth-order valence-corrected chi connectivity index (χ4v) is 3.68. The Balaban J connectivity index is 1.90. The van der Waals surface area contributed by atoms with Crippen molar-refractivity contribution in [1.82, 2.24) is 9.38 Å². The van der Waals surface area contributed by atoms with E-state index in [1.54, 1.807) is 19.2 Å². The number of aldehydes is 1. The highest BCUT2D eigenvalue weighted by molar-refractivity contribution is 7.15. The number of benzene rings is 2. The molecule has 0 amide bonds. The minimum atomic E-state index is -0.323. The van der Waals surface area contributed by atoms with E-state index in [0.717, 1.165) is 23.3 Å². The van der Waals surface area contributed by atoms with Gasteiger partial charge in [0, 0.05) is 10.9 Å². The Kier molecular flexibility index (Phi) is 3.82. The van der Waals surface area contributed by atoms with Crippen LogP contribution in [0.3, 0.4) is 0 Å². The molecule has 0 N–H and O–H groups in total. The van der Waals surface area contributed by atoms with Crippen LogP contribution in [-0.2, 0) is 0 Å². The van der Waals surface area contributed by atoms with Gasteiger partial charge in [0.25, 0.3) is 0 Å². The molecule has 2 heterocycles. The van der Waals surface area contributed by atoms with Gasteiger partial charge in [-0.05, 0) is 54.1 Å². The van der Waals surface area contributed by atoms with Gasteiger partial charge in [-0.25, -0.2) is 9.37 Å². The quantitative estimate of drug-likeness (QED) is 0.501. The fraction of sp³-hybridized carbons (Fsp3) is 0.0526. The minimum absolute atomic E-state index is 0.323. The van der Waals surface area contributed by atoms with E-state index in [0.29, 0.717) is 21.9 Å². The fourth-order valence-electron chi connectivity index (χ4n) is 2.77. The number of rotatable bonds is 4. The summed E-state index contributed by atoms with van der Waals surface area (Å²) in [5, 5.41) is 1.96. The molecule has 2 aromatic heterocycles. The summed E-state index contributed by atoms with van der Waals surface area (Å²) < 4.78 is 20.2. The summed E-state index contributed by atoms with van der Waals surface area (Å²) in [4.78, 5) is 17.1. The maximum atomic E-state index is 13.2. The first kappa shape index (κ1) is 15.5.